The minimum atomic E-state index is -0.656. The number of nitrogens with one attached hydrogen (secondary N) is 4. The van der Waals surface area contributed by atoms with Gasteiger partial charge >= 0.3 is 6.03 Å². The molecule has 96 heavy (non-hydrogen) atoms. The fraction of sp³-hybridized carbons (Fsp3) is 0.514. The van der Waals surface area contributed by atoms with Gasteiger partial charge in [0.25, 0.3) is 0 Å². The third-order valence-electron chi connectivity index (χ3n) is 19.2. The molecule has 22 nitrogen and oxygen atoms in total. The van der Waals surface area contributed by atoms with Crippen molar-refractivity contribution in [1.29, 1.82) is 0 Å². The number of amides is 6. The molecule has 0 saturated carbocycles. The van der Waals surface area contributed by atoms with Gasteiger partial charge < -0.3 is 55.2 Å². The van der Waals surface area contributed by atoms with Crippen molar-refractivity contribution < 1.29 is 42.2 Å². The zero-order valence-electron chi connectivity index (χ0n) is 55.6. The highest BCUT2D eigenvalue weighted by Gasteiger charge is 2.47. The van der Waals surface area contributed by atoms with Gasteiger partial charge in [-0.25, -0.2) is 23.5 Å². The van der Waals surface area contributed by atoms with E-state index in [-0.39, 0.29) is 73.6 Å². The van der Waals surface area contributed by atoms with Crippen LogP contribution in [0.25, 0.3) is 0 Å². The summed E-state index contributed by atoms with van der Waals surface area (Å²) in [5.41, 5.74) is 2.27. The van der Waals surface area contributed by atoms with E-state index in [1.165, 1.54) is 28.3 Å². The standard InChI is InChI=1S/C70H89Cl2F2N15O7/c1-47(2)96-58-37-53(95-5)16-17-54(58)67-80-65(48-8-12-51(71)13-9-48)66(49-10-14-52(72)15-11-49)89(67)68(94)87-35-34-86(64(93)44-87)42-62(91)77-24-7-25-82-30-32-84(33-31-82)41-61(90)76-23-6-22-75-59-39-60(79-46-78-59)85-28-20-70(21-29-85)45-88(43-63(92)81-70)57-38-55(73)50(36-56(57)74)40-83-26-18-69(3,4)19-27-83/h8-17,36-39,46-47,65-66H,6-7,18-35,40-45H2,1-5H3,(H,76,90)(H,77,91)(H,81,92)(H,75,78,79)/t65-,66+/m0/s1. The zero-order chi connectivity index (χ0) is 67.7. The number of piperazine rings is 3. The maximum absolute atomic E-state index is 15.8. The molecule has 4 N–H and O–H groups in total. The molecule has 0 unspecified atom stereocenters. The quantitative estimate of drug-likeness (QED) is 0.0456. The normalized spacial score (nSPS) is 20.1. The fourth-order valence-electron chi connectivity index (χ4n) is 13.6. The molecule has 1 spiro atoms. The Balaban J connectivity index is 0.574. The molecule has 0 bridgehead atoms. The van der Waals surface area contributed by atoms with E-state index in [0.717, 1.165) is 75.6 Å². The van der Waals surface area contributed by atoms with E-state index in [1.54, 1.807) is 53.3 Å². The highest BCUT2D eigenvalue weighted by atomic mass is 35.5. The smallest absolute Gasteiger partial charge is 0.326 e. The molecule has 1 aromatic heterocycles. The van der Waals surface area contributed by atoms with Gasteiger partial charge in [-0.3, -0.25) is 38.9 Å². The van der Waals surface area contributed by atoms with Gasteiger partial charge in [-0.1, -0.05) is 61.3 Å². The molecular weight excluding hydrogens is 1270 g/mol. The Morgan fingerprint density at radius 2 is 1.39 bits per heavy atom. The number of halogens is 4. The monoisotopic (exact) mass is 1360 g/mol. The minimum Gasteiger partial charge on any atom is -0.497 e. The summed E-state index contributed by atoms with van der Waals surface area (Å²) in [6.45, 7) is 17.4. The van der Waals surface area contributed by atoms with Crippen molar-refractivity contribution in [2.45, 2.75) is 96.5 Å². The first kappa shape index (κ1) is 69.5. The highest BCUT2D eigenvalue weighted by molar-refractivity contribution is 6.30. The van der Waals surface area contributed by atoms with E-state index >= 15 is 13.6 Å². The lowest BCUT2D eigenvalue weighted by Crippen LogP contribution is -2.66. The van der Waals surface area contributed by atoms with E-state index in [9.17, 15) is 19.2 Å². The summed E-state index contributed by atoms with van der Waals surface area (Å²) < 4.78 is 43.2. The number of carbonyl (C=O) groups is 5. The molecule has 7 heterocycles. The number of hydrogen-bond donors (Lipinski definition) is 4. The van der Waals surface area contributed by atoms with Gasteiger partial charge in [0.2, 0.25) is 23.6 Å². The number of piperidine rings is 2. The minimum absolute atomic E-state index is 0.0397. The molecule has 0 radical (unpaired) electrons. The van der Waals surface area contributed by atoms with Crippen LogP contribution in [0.3, 0.4) is 0 Å². The molecule has 26 heteroatoms. The van der Waals surface area contributed by atoms with E-state index in [0.29, 0.717) is 122 Å². The van der Waals surface area contributed by atoms with Gasteiger partial charge in [0.05, 0.1) is 55.7 Å². The second kappa shape index (κ2) is 31.1. The maximum Gasteiger partial charge on any atom is 0.326 e. The zero-order valence-corrected chi connectivity index (χ0v) is 57.1. The van der Waals surface area contributed by atoms with Crippen LogP contribution in [0.15, 0.2) is 96.2 Å². The summed E-state index contributed by atoms with van der Waals surface area (Å²) >= 11 is 12.8. The van der Waals surface area contributed by atoms with Crippen LogP contribution in [-0.4, -0.2) is 218 Å². The first-order valence-electron chi connectivity index (χ1n) is 33.5. The summed E-state index contributed by atoms with van der Waals surface area (Å²) in [6, 6.07) is 22.9. The predicted octanol–water partition coefficient (Wildman–Crippen LogP) is 8.01. The van der Waals surface area contributed by atoms with Crippen LogP contribution >= 0.6 is 23.2 Å². The summed E-state index contributed by atoms with van der Waals surface area (Å²) in [7, 11) is 1.57. The molecule has 6 aliphatic rings. The number of likely N-dealkylation sites (tertiary alicyclic amines) is 1. The van der Waals surface area contributed by atoms with Crippen molar-refractivity contribution in [2.75, 3.05) is 147 Å². The molecule has 514 valence electrons. The highest BCUT2D eigenvalue weighted by Crippen LogP contribution is 2.46. The van der Waals surface area contributed by atoms with Crippen molar-refractivity contribution in [3.8, 4) is 11.5 Å². The maximum atomic E-state index is 15.8. The van der Waals surface area contributed by atoms with Crippen LogP contribution in [0.4, 0.5) is 30.9 Å². The Kier molecular flexibility index (Phi) is 22.5. The number of rotatable bonds is 23. The summed E-state index contributed by atoms with van der Waals surface area (Å²) in [5.74, 6) is 0.944. The third kappa shape index (κ3) is 17.4. The SMILES string of the molecule is COc1ccc(C2=N[C@@H](c3ccc(Cl)cc3)[C@@H](c3ccc(Cl)cc3)N2C(=O)N2CCN(CC(=O)NCCCN3CCN(CC(=O)NCCCNc4cc(N5CCC6(CC5)CN(c5cc(F)c(CN7CCC(C)(C)CC7)cc5F)CC(=O)N6)ncn4)CC3)C(=O)C2)c(OC(C)C)c1. The Labute approximate surface area is 571 Å². The Morgan fingerprint density at radius 3 is 2.07 bits per heavy atom. The van der Waals surface area contributed by atoms with E-state index in [1.807, 2.05) is 50.2 Å². The van der Waals surface area contributed by atoms with Crippen molar-refractivity contribution in [3.05, 3.63) is 135 Å². The molecule has 6 amide bonds. The van der Waals surface area contributed by atoms with Crippen molar-refractivity contribution in [3.63, 3.8) is 0 Å². The summed E-state index contributed by atoms with van der Waals surface area (Å²) in [4.78, 5) is 97.8. The molecule has 5 aromatic rings. The third-order valence-corrected chi connectivity index (χ3v) is 19.7. The van der Waals surface area contributed by atoms with E-state index in [4.69, 9.17) is 37.7 Å². The first-order chi connectivity index (χ1) is 46.2. The lowest BCUT2D eigenvalue weighted by Gasteiger charge is -2.48. The number of amidine groups is 1. The topological polar surface area (TPSA) is 216 Å². The van der Waals surface area contributed by atoms with E-state index in [2.05, 4.69) is 64.7 Å². The predicted molar refractivity (Wildman–Crippen MR) is 367 cm³/mol. The second-order valence-electron chi connectivity index (χ2n) is 27.1. The molecule has 2 atom stereocenters. The largest absolute Gasteiger partial charge is 0.497 e. The number of hydrogen-bond acceptors (Lipinski definition) is 16. The second-order valence-corrected chi connectivity index (χ2v) is 28.0. The van der Waals surface area contributed by atoms with Gasteiger partial charge in [-0.15, -0.1) is 0 Å². The Bertz CT molecular complexity index is 3600. The number of ether oxygens (including phenoxy) is 2. The summed E-state index contributed by atoms with van der Waals surface area (Å²) in [6.07, 6.45) is 5.90. The molecule has 11 rings (SSSR count). The lowest BCUT2D eigenvalue weighted by atomic mass is 9.82. The van der Waals surface area contributed by atoms with Crippen molar-refractivity contribution in [1.82, 2.24) is 55.3 Å². The van der Waals surface area contributed by atoms with Crippen LogP contribution in [0, 0.1) is 17.0 Å². The van der Waals surface area contributed by atoms with Gasteiger partial charge in [0.15, 0.2) is 0 Å². The van der Waals surface area contributed by atoms with Gasteiger partial charge in [0, 0.05) is 119 Å². The number of aromatic nitrogens is 2. The number of carbonyl (C=O) groups excluding carboxylic acids is 5. The fourth-order valence-corrected chi connectivity index (χ4v) is 13.9. The van der Waals surface area contributed by atoms with Gasteiger partial charge in [-0.2, -0.15) is 0 Å². The number of anilines is 3. The number of aliphatic imine (C=N–C) groups is 1. The number of benzene rings is 4. The van der Waals surface area contributed by atoms with Crippen LogP contribution in [-0.2, 0) is 25.7 Å². The van der Waals surface area contributed by atoms with Gasteiger partial charge in [0.1, 0.15) is 59.5 Å². The molecule has 5 saturated heterocycles. The Morgan fingerprint density at radius 1 is 0.708 bits per heavy atom. The Hall–Kier alpha value is -7.90. The van der Waals surface area contributed by atoms with Crippen LogP contribution in [0.1, 0.15) is 101 Å². The number of nitrogens with zero attached hydrogens (tertiary/aromatic N) is 11. The molecule has 0 aliphatic carbocycles. The summed E-state index contributed by atoms with van der Waals surface area (Å²) in [5, 5.41) is 13.7. The van der Waals surface area contributed by atoms with Crippen LogP contribution < -0.4 is 40.5 Å². The lowest BCUT2D eigenvalue weighted by molar-refractivity contribution is -0.139. The van der Waals surface area contributed by atoms with Crippen LogP contribution in [0.2, 0.25) is 10.0 Å². The van der Waals surface area contributed by atoms with Crippen LogP contribution in [0.5, 0.6) is 11.5 Å². The number of methoxy groups -OCH3 is 1. The van der Waals surface area contributed by atoms with Gasteiger partial charge in [-0.05, 0) is 131 Å². The van der Waals surface area contributed by atoms with Crippen molar-refractivity contribution >= 4 is 76.0 Å². The number of urea groups is 1. The van der Waals surface area contributed by atoms with E-state index < -0.39 is 35.3 Å². The average Bonchev–Trinajstić information content (AvgIpc) is 1.45. The molecular formula is C70H89Cl2F2N15O7. The average molecular weight is 1360 g/mol. The van der Waals surface area contributed by atoms with Crippen molar-refractivity contribution in [2.24, 2.45) is 10.4 Å². The molecule has 6 aliphatic heterocycles. The first-order valence-corrected chi connectivity index (χ1v) is 34.3. The molecule has 5 fully saturated rings. The molecule has 4 aromatic carbocycles.